The third-order valence-corrected chi connectivity index (χ3v) is 3.36. The highest BCUT2D eigenvalue weighted by Gasteiger charge is 2.07. The summed E-state index contributed by atoms with van der Waals surface area (Å²) in [6, 6.07) is 16.8. The highest BCUT2D eigenvalue weighted by molar-refractivity contribution is 5.81. The molecule has 0 amide bonds. The number of rotatable bonds is 4. The van der Waals surface area contributed by atoms with Crippen LogP contribution in [0.5, 0.6) is 0 Å². The molecule has 5 nitrogen and oxygen atoms in total. The number of nitrogens with two attached hydrogens (primary N) is 1. The summed E-state index contributed by atoms with van der Waals surface area (Å²) in [6.07, 6.45) is 2.30. The first-order valence-electron chi connectivity index (χ1n) is 7.61. The van der Waals surface area contributed by atoms with Crippen LogP contribution < -0.4 is 11.2 Å². The summed E-state index contributed by atoms with van der Waals surface area (Å²) in [5.41, 5.74) is 7.13. The molecule has 24 heavy (non-hydrogen) atoms. The van der Waals surface area contributed by atoms with E-state index in [9.17, 15) is 9.59 Å². The highest BCUT2D eigenvalue weighted by Crippen LogP contribution is 2.18. The third-order valence-electron chi connectivity index (χ3n) is 3.36. The van der Waals surface area contributed by atoms with Crippen LogP contribution in [-0.2, 0) is 4.79 Å². The molecule has 5 heteroatoms. The van der Waals surface area contributed by atoms with E-state index in [0.29, 0.717) is 29.5 Å². The van der Waals surface area contributed by atoms with Crippen molar-refractivity contribution < 1.29 is 14.3 Å². The molecule has 0 aliphatic rings. The molecule has 0 bridgehead atoms. The molecule has 3 aromatic rings. The second kappa shape index (κ2) is 8.64. The van der Waals surface area contributed by atoms with E-state index in [1.54, 1.807) is 12.1 Å². The van der Waals surface area contributed by atoms with Crippen LogP contribution in [0.4, 0.5) is 0 Å². The van der Waals surface area contributed by atoms with Gasteiger partial charge in [-0.1, -0.05) is 42.5 Å². The minimum absolute atomic E-state index is 0.0121. The van der Waals surface area contributed by atoms with Crippen molar-refractivity contribution in [3.8, 4) is 11.1 Å². The Morgan fingerprint density at radius 2 is 1.71 bits per heavy atom. The number of hydrogen-bond donors (Lipinski definition) is 2. The maximum atomic E-state index is 12.3. The topological polar surface area (TPSA) is 93.5 Å². The molecule has 1 heterocycles. The Morgan fingerprint density at radius 1 is 1.04 bits per heavy atom. The largest absolute Gasteiger partial charge is 0.481 e. The average molecular weight is 325 g/mol. The summed E-state index contributed by atoms with van der Waals surface area (Å²) in [5.74, 6) is -0.773. The fraction of sp³-hybridized carbons (Fsp3) is 0.158. The molecule has 0 saturated carbocycles. The Hall–Kier alpha value is -2.92. The molecule has 0 radical (unpaired) electrons. The van der Waals surface area contributed by atoms with Gasteiger partial charge in [-0.15, -0.1) is 0 Å². The molecule has 0 aliphatic carbocycles. The first-order valence-corrected chi connectivity index (χ1v) is 7.61. The fourth-order valence-electron chi connectivity index (χ4n) is 2.15. The van der Waals surface area contributed by atoms with E-state index in [1.807, 2.05) is 42.5 Å². The monoisotopic (exact) mass is 325 g/mol. The lowest BCUT2D eigenvalue weighted by Crippen LogP contribution is -2.04. The third kappa shape index (κ3) is 4.54. The number of carbonyl (C=O) groups is 1. The summed E-state index contributed by atoms with van der Waals surface area (Å²) >= 11 is 0. The zero-order valence-corrected chi connectivity index (χ0v) is 13.1. The minimum Gasteiger partial charge on any atom is -0.481 e. The van der Waals surface area contributed by atoms with Gasteiger partial charge in [0, 0.05) is 6.42 Å². The van der Waals surface area contributed by atoms with Gasteiger partial charge in [0.05, 0.1) is 10.9 Å². The minimum atomic E-state index is -0.773. The van der Waals surface area contributed by atoms with E-state index in [1.165, 1.54) is 6.26 Å². The predicted molar refractivity (Wildman–Crippen MR) is 93.8 cm³/mol. The Kier molecular flexibility index (Phi) is 6.28. The van der Waals surface area contributed by atoms with Crippen molar-refractivity contribution >= 4 is 16.9 Å². The van der Waals surface area contributed by atoms with E-state index >= 15 is 0 Å². The van der Waals surface area contributed by atoms with Crippen molar-refractivity contribution in [2.45, 2.75) is 12.8 Å². The van der Waals surface area contributed by atoms with Crippen molar-refractivity contribution in [1.29, 1.82) is 0 Å². The zero-order valence-electron chi connectivity index (χ0n) is 13.1. The van der Waals surface area contributed by atoms with Gasteiger partial charge in [-0.25, -0.2) is 0 Å². The molecule has 0 unspecified atom stereocenters. The van der Waals surface area contributed by atoms with E-state index in [-0.39, 0.29) is 11.8 Å². The van der Waals surface area contributed by atoms with Gasteiger partial charge in [-0.05, 0) is 30.7 Å². The molecule has 0 fully saturated rings. The van der Waals surface area contributed by atoms with Crippen LogP contribution in [0, 0.1) is 0 Å². The maximum absolute atomic E-state index is 12.3. The van der Waals surface area contributed by atoms with Crippen LogP contribution in [0.2, 0.25) is 0 Å². The SMILES string of the molecule is NCCCC(=O)O.O=c1c(-c2ccccc2)coc2ccccc12. The number of benzene rings is 2. The van der Waals surface area contributed by atoms with Gasteiger partial charge < -0.3 is 15.3 Å². The molecular weight excluding hydrogens is 306 g/mol. The first kappa shape index (κ1) is 17.4. The number of carboxylic acid groups (broad SMARTS) is 1. The smallest absolute Gasteiger partial charge is 0.303 e. The van der Waals surface area contributed by atoms with Crippen molar-refractivity contribution in [1.82, 2.24) is 0 Å². The molecule has 0 atom stereocenters. The number of aliphatic carboxylic acids is 1. The van der Waals surface area contributed by atoms with E-state index in [0.717, 1.165) is 5.56 Å². The van der Waals surface area contributed by atoms with Gasteiger partial charge in [0.1, 0.15) is 11.8 Å². The fourth-order valence-corrected chi connectivity index (χ4v) is 2.15. The molecule has 3 rings (SSSR count). The molecule has 0 saturated heterocycles. The highest BCUT2D eigenvalue weighted by atomic mass is 16.4. The van der Waals surface area contributed by atoms with E-state index in [2.05, 4.69) is 0 Å². The van der Waals surface area contributed by atoms with Crippen LogP contribution >= 0.6 is 0 Å². The first-order chi connectivity index (χ1) is 11.6. The standard InChI is InChI=1S/C15H10O2.C4H9NO2/c16-15-12-8-4-5-9-14(12)17-10-13(15)11-6-2-1-3-7-11;5-3-1-2-4(6)7/h1-10H;1-3,5H2,(H,6,7). The Labute approximate surface area is 139 Å². The molecule has 1 aromatic heterocycles. The lowest BCUT2D eigenvalue weighted by atomic mass is 10.1. The molecule has 0 aliphatic heterocycles. The maximum Gasteiger partial charge on any atom is 0.303 e. The summed E-state index contributed by atoms with van der Waals surface area (Å²) < 4.78 is 5.48. The van der Waals surface area contributed by atoms with Crippen molar-refractivity contribution in [3.05, 3.63) is 71.1 Å². The van der Waals surface area contributed by atoms with Gasteiger partial charge in [0.25, 0.3) is 0 Å². The van der Waals surface area contributed by atoms with Gasteiger partial charge in [0.2, 0.25) is 0 Å². The lowest BCUT2D eigenvalue weighted by molar-refractivity contribution is -0.137. The van der Waals surface area contributed by atoms with E-state index < -0.39 is 5.97 Å². The summed E-state index contributed by atoms with van der Waals surface area (Å²) in [7, 11) is 0. The average Bonchev–Trinajstić information content (AvgIpc) is 2.62. The van der Waals surface area contributed by atoms with Gasteiger partial charge >= 0.3 is 5.97 Å². The lowest BCUT2D eigenvalue weighted by Gasteiger charge is -2.01. The van der Waals surface area contributed by atoms with Crippen molar-refractivity contribution in [3.63, 3.8) is 0 Å². The van der Waals surface area contributed by atoms with Crippen molar-refractivity contribution in [2.75, 3.05) is 6.54 Å². The van der Waals surface area contributed by atoms with Crippen LogP contribution in [-0.4, -0.2) is 17.6 Å². The zero-order chi connectivity index (χ0) is 17.4. The summed E-state index contributed by atoms with van der Waals surface area (Å²) in [4.78, 5) is 22.0. The molecule has 3 N–H and O–H groups in total. The van der Waals surface area contributed by atoms with Gasteiger partial charge in [-0.3, -0.25) is 9.59 Å². The quantitative estimate of drug-likeness (QED) is 0.768. The second-order valence-corrected chi connectivity index (χ2v) is 5.13. The van der Waals surface area contributed by atoms with Crippen LogP contribution in [0.3, 0.4) is 0 Å². The van der Waals surface area contributed by atoms with Crippen LogP contribution in [0.15, 0.2) is 70.1 Å². The van der Waals surface area contributed by atoms with Gasteiger partial charge in [-0.2, -0.15) is 0 Å². The normalized spacial score (nSPS) is 10.0. The molecule has 124 valence electrons. The van der Waals surface area contributed by atoms with Gasteiger partial charge in [0.15, 0.2) is 5.43 Å². The second-order valence-electron chi connectivity index (χ2n) is 5.13. The summed E-state index contributed by atoms with van der Waals surface area (Å²) in [6.45, 7) is 0.465. The van der Waals surface area contributed by atoms with E-state index in [4.69, 9.17) is 15.3 Å². The Morgan fingerprint density at radius 3 is 2.33 bits per heavy atom. The molecule has 2 aromatic carbocycles. The predicted octanol–water partition coefficient (Wildman–Crippen LogP) is 3.27. The molecular formula is C19H19NO4. The molecule has 0 spiro atoms. The number of fused-ring (bicyclic) bond motifs is 1. The number of hydrogen-bond acceptors (Lipinski definition) is 4. The summed E-state index contributed by atoms with van der Waals surface area (Å²) in [5, 5.41) is 8.61. The van der Waals surface area contributed by atoms with Crippen LogP contribution in [0.25, 0.3) is 22.1 Å². The number of para-hydroxylation sites is 1. The Bertz CT molecular complexity index is 856. The van der Waals surface area contributed by atoms with Crippen LogP contribution in [0.1, 0.15) is 12.8 Å². The van der Waals surface area contributed by atoms with Crippen molar-refractivity contribution in [2.24, 2.45) is 5.73 Å². The Balaban J connectivity index is 0.000000256. The number of carboxylic acids is 1.